The molecule has 1 aliphatic rings. The van der Waals surface area contributed by atoms with E-state index in [0.717, 1.165) is 42.9 Å². The first-order valence-corrected chi connectivity index (χ1v) is 7.92. The summed E-state index contributed by atoms with van der Waals surface area (Å²) in [4.78, 5) is 4.90. The fourth-order valence-electron chi connectivity index (χ4n) is 2.45. The highest BCUT2D eigenvalue weighted by Crippen LogP contribution is 2.25. The Morgan fingerprint density at radius 1 is 1.35 bits per heavy atom. The van der Waals surface area contributed by atoms with Gasteiger partial charge in [-0.05, 0) is 40.7 Å². The molecular weight excluding hydrogens is 318 g/mol. The number of halogens is 1. The van der Waals surface area contributed by atoms with E-state index in [1.165, 1.54) is 18.7 Å². The second-order valence-electron chi connectivity index (χ2n) is 5.30. The molecule has 5 heteroatoms. The Morgan fingerprint density at radius 2 is 2.10 bits per heavy atom. The molecule has 0 atom stereocenters. The van der Waals surface area contributed by atoms with E-state index in [0.29, 0.717) is 0 Å². The molecule has 1 aromatic rings. The Kier molecular flexibility index (Phi) is 6.29. The van der Waals surface area contributed by atoms with E-state index in [1.54, 1.807) is 7.11 Å². The van der Waals surface area contributed by atoms with E-state index in [-0.39, 0.29) is 0 Å². The van der Waals surface area contributed by atoms with Crippen LogP contribution in [0.4, 0.5) is 0 Å². The van der Waals surface area contributed by atoms with Crippen LogP contribution in [-0.2, 0) is 6.54 Å². The van der Waals surface area contributed by atoms with Gasteiger partial charge in [0.25, 0.3) is 0 Å². The summed E-state index contributed by atoms with van der Waals surface area (Å²) >= 11 is 3.54. The van der Waals surface area contributed by atoms with Crippen LogP contribution in [0.5, 0.6) is 5.75 Å². The summed E-state index contributed by atoms with van der Waals surface area (Å²) in [6, 6.07) is 6.29. The average Bonchev–Trinajstić information content (AvgIpc) is 2.46. The predicted molar refractivity (Wildman–Crippen MR) is 86.3 cm³/mol. The van der Waals surface area contributed by atoms with Gasteiger partial charge in [0, 0.05) is 45.8 Å². The van der Waals surface area contributed by atoms with E-state index in [4.69, 9.17) is 4.74 Å². The maximum absolute atomic E-state index is 5.26. The third kappa shape index (κ3) is 4.74. The highest BCUT2D eigenvalue weighted by Gasteiger charge is 2.10. The first-order chi connectivity index (χ1) is 9.69. The van der Waals surface area contributed by atoms with Crippen molar-refractivity contribution in [2.45, 2.75) is 6.54 Å². The molecule has 1 aromatic carbocycles. The van der Waals surface area contributed by atoms with Crippen LogP contribution in [0.15, 0.2) is 22.7 Å². The van der Waals surface area contributed by atoms with Crippen LogP contribution in [0, 0.1) is 0 Å². The number of likely N-dealkylation sites (N-methyl/N-ethyl adjacent to an activating group) is 1. The molecule has 2 rings (SSSR count). The van der Waals surface area contributed by atoms with Crippen LogP contribution >= 0.6 is 15.9 Å². The largest absolute Gasteiger partial charge is 0.496 e. The van der Waals surface area contributed by atoms with Crippen molar-refractivity contribution in [3.05, 3.63) is 28.2 Å². The van der Waals surface area contributed by atoms with E-state index in [2.05, 4.69) is 50.2 Å². The molecular formula is C15H24BrN3O. The molecule has 20 heavy (non-hydrogen) atoms. The number of nitrogens with zero attached hydrogens (tertiary/aromatic N) is 2. The molecule has 0 aromatic heterocycles. The molecule has 0 amide bonds. The van der Waals surface area contributed by atoms with Gasteiger partial charge in [0.1, 0.15) is 5.75 Å². The van der Waals surface area contributed by atoms with Gasteiger partial charge in [0.05, 0.1) is 11.6 Å². The lowest BCUT2D eigenvalue weighted by Gasteiger charge is -2.29. The highest BCUT2D eigenvalue weighted by molar-refractivity contribution is 9.10. The topological polar surface area (TPSA) is 27.7 Å². The normalized spacial score (nSPS) is 16.6. The number of nitrogens with one attached hydrogen (secondary N) is 1. The minimum absolute atomic E-state index is 0.886. The van der Waals surface area contributed by atoms with Crippen molar-refractivity contribution < 1.29 is 4.74 Å². The maximum Gasteiger partial charge on any atom is 0.133 e. The lowest BCUT2D eigenvalue weighted by molar-refractivity contribution is 0.202. The zero-order valence-electron chi connectivity index (χ0n) is 12.4. The second kappa shape index (κ2) is 7.98. The lowest BCUT2D eigenvalue weighted by atomic mass is 10.2. The fourth-order valence-corrected chi connectivity index (χ4v) is 3.03. The fraction of sp³-hybridized carbons (Fsp3) is 0.600. The number of ether oxygens (including phenoxy) is 1. The molecule has 0 saturated carbocycles. The van der Waals surface area contributed by atoms with Crippen molar-refractivity contribution in [1.29, 1.82) is 0 Å². The number of benzene rings is 1. The van der Waals surface area contributed by atoms with Crippen LogP contribution < -0.4 is 10.1 Å². The van der Waals surface area contributed by atoms with Crippen LogP contribution in [0.2, 0.25) is 0 Å². The summed E-state index contributed by atoms with van der Waals surface area (Å²) in [7, 11) is 3.87. The maximum atomic E-state index is 5.26. The monoisotopic (exact) mass is 341 g/mol. The zero-order chi connectivity index (χ0) is 14.4. The molecule has 0 bridgehead atoms. The number of hydrogen-bond donors (Lipinski definition) is 1. The molecule has 0 radical (unpaired) electrons. The third-order valence-electron chi connectivity index (χ3n) is 3.68. The molecule has 1 aliphatic heterocycles. The van der Waals surface area contributed by atoms with Gasteiger partial charge in [0.2, 0.25) is 0 Å². The summed E-state index contributed by atoms with van der Waals surface area (Å²) in [5.74, 6) is 0.886. The van der Waals surface area contributed by atoms with Gasteiger partial charge in [0.15, 0.2) is 0 Å². The zero-order valence-corrected chi connectivity index (χ0v) is 13.9. The second-order valence-corrected chi connectivity index (χ2v) is 6.15. The standard InChI is InChI=1S/C15H24BrN3O/c1-18(9-10-19-7-5-17-6-8-19)12-13-3-4-15(20-2)14(16)11-13/h3-4,11,17H,5-10,12H2,1-2H3. The first-order valence-electron chi connectivity index (χ1n) is 7.13. The molecule has 0 unspecified atom stereocenters. The van der Waals surface area contributed by atoms with Gasteiger partial charge in [-0.25, -0.2) is 0 Å². The summed E-state index contributed by atoms with van der Waals surface area (Å²) < 4.78 is 6.28. The van der Waals surface area contributed by atoms with Gasteiger partial charge < -0.3 is 15.0 Å². The molecule has 1 N–H and O–H groups in total. The summed E-state index contributed by atoms with van der Waals surface area (Å²) in [5, 5.41) is 3.39. The molecule has 0 aliphatic carbocycles. The van der Waals surface area contributed by atoms with Crippen molar-refractivity contribution in [3.63, 3.8) is 0 Å². The van der Waals surface area contributed by atoms with Crippen LogP contribution in [0.1, 0.15) is 5.56 Å². The van der Waals surface area contributed by atoms with E-state index >= 15 is 0 Å². The third-order valence-corrected chi connectivity index (χ3v) is 4.30. The molecule has 4 nitrogen and oxygen atoms in total. The highest BCUT2D eigenvalue weighted by atomic mass is 79.9. The van der Waals surface area contributed by atoms with Crippen molar-refractivity contribution in [2.75, 3.05) is 53.4 Å². The minimum Gasteiger partial charge on any atom is -0.496 e. The quantitative estimate of drug-likeness (QED) is 0.853. The van der Waals surface area contributed by atoms with Crippen molar-refractivity contribution in [1.82, 2.24) is 15.1 Å². The SMILES string of the molecule is COc1ccc(CN(C)CCN2CCNCC2)cc1Br. The lowest BCUT2D eigenvalue weighted by Crippen LogP contribution is -2.45. The summed E-state index contributed by atoms with van der Waals surface area (Å²) in [6.45, 7) is 7.79. The van der Waals surface area contributed by atoms with Gasteiger partial charge in [-0.3, -0.25) is 4.90 Å². The van der Waals surface area contributed by atoms with E-state index in [9.17, 15) is 0 Å². The van der Waals surface area contributed by atoms with Crippen LogP contribution in [0.3, 0.4) is 0 Å². The number of methoxy groups -OCH3 is 1. The number of rotatable bonds is 6. The summed E-state index contributed by atoms with van der Waals surface area (Å²) in [5.41, 5.74) is 1.31. The van der Waals surface area contributed by atoms with Gasteiger partial charge in [-0.1, -0.05) is 6.07 Å². The van der Waals surface area contributed by atoms with Crippen LogP contribution in [-0.4, -0.2) is 63.2 Å². The van der Waals surface area contributed by atoms with Gasteiger partial charge in [-0.15, -0.1) is 0 Å². The Labute approximate surface area is 130 Å². The Morgan fingerprint density at radius 3 is 2.75 bits per heavy atom. The Hall–Kier alpha value is -0.620. The molecule has 112 valence electrons. The molecule has 1 heterocycles. The summed E-state index contributed by atoms with van der Waals surface area (Å²) in [6.07, 6.45) is 0. The van der Waals surface area contributed by atoms with Crippen molar-refractivity contribution in [2.24, 2.45) is 0 Å². The van der Waals surface area contributed by atoms with Gasteiger partial charge in [-0.2, -0.15) is 0 Å². The predicted octanol–water partition coefficient (Wildman–Crippen LogP) is 1.79. The molecule has 1 saturated heterocycles. The van der Waals surface area contributed by atoms with Gasteiger partial charge >= 0.3 is 0 Å². The molecule has 0 spiro atoms. The van der Waals surface area contributed by atoms with E-state index in [1.807, 2.05) is 6.07 Å². The Balaban J connectivity index is 1.78. The minimum atomic E-state index is 0.886. The van der Waals surface area contributed by atoms with E-state index < -0.39 is 0 Å². The van der Waals surface area contributed by atoms with Crippen LogP contribution in [0.25, 0.3) is 0 Å². The van der Waals surface area contributed by atoms with Crippen molar-refractivity contribution in [3.8, 4) is 5.75 Å². The average molecular weight is 342 g/mol. The smallest absolute Gasteiger partial charge is 0.133 e. The Bertz CT molecular complexity index is 422. The number of piperazine rings is 1. The first kappa shape index (κ1) is 15.8. The number of hydrogen-bond acceptors (Lipinski definition) is 4. The van der Waals surface area contributed by atoms with Crippen molar-refractivity contribution >= 4 is 15.9 Å². The molecule has 1 fully saturated rings.